The van der Waals surface area contributed by atoms with E-state index in [1.807, 2.05) is 0 Å². The number of carboxylic acid groups (broad SMARTS) is 1. The molecule has 0 aliphatic rings. The first-order valence-electron chi connectivity index (χ1n) is 6.01. The van der Waals surface area contributed by atoms with Crippen molar-refractivity contribution in [1.82, 2.24) is 9.36 Å². The summed E-state index contributed by atoms with van der Waals surface area (Å²) < 4.78 is 1.75. The van der Waals surface area contributed by atoms with E-state index < -0.39 is 11.7 Å². The van der Waals surface area contributed by atoms with E-state index in [1.54, 1.807) is 25.1 Å². The molecule has 2 aromatic rings. The Balaban J connectivity index is 2.45. The Hall–Kier alpha value is -3.09. The Labute approximate surface area is 119 Å². The summed E-state index contributed by atoms with van der Waals surface area (Å²) in [7, 11) is 0. The zero-order valence-electron chi connectivity index (χ0n) is 11.2. The average Bonchev–Trinajstić information content (AvgIpc) is 2.81. The number of carbonyl (C=O) groups excluding carboxylic acids is 1. The summed E-state index contributed by atoms with van der Waals surface area (Å²) in [6.45, 7) is 5.09. The van der Waals surface area contributed by atoms with Gasteiger partial charge in [0.2, 0.25) is 0 Å². The van der Waals surface area contributed by atoms with Crippen LogP contribution in [-0.2, 0) is 4.79 Å². The molecule has 0 atom stereocenters. The van der Waals surface area contributed by atoms with Crippen LogP contribution in [0.3, 0.4) is 0 Å². The highest BCUT2D eigenvalue weighted by molar-refractivity contribution is 6.02. The van der Waals surface area contributed by atoms with Gasteiger partial charge in [-0.1, -0.05) is 12.6 Å². The fourth-order valence-electron chi connectivity index (χ4n) is 1.73. The van der Waals surface area contributed by atoms with Crippen molar-refractivity contribution in [2.24, 2.45) is 0 Å². The molecule has 2 rings (SSSR count). The number of amides is 1. The lowest BCUT2D eigenvalue weighted by atomic mass is 10.2. The molecule has 21 heavy (non-hydrogen) atoms. The number of benzene rings is 1. The van der Waals surface area contributed by atoms with Crippen molar-refractivity contribution in [2.75, 3.05) is 5.32 Å². The summed E-state index contributed by atoms with van der Waals surface area (Å²) in [4.78, 5) is 34.4. The summed E-state index contributed by atoms with van der Waals surface area (Å²) in [5, 5.41) is 11.7. The smallest absolute Gasteiger partial charge is 0.431 e. The molecule has 2 N–H and O–H groups in total. The van der Waals surface area contributed by atoms with Crippen LogP contribution in [0, 0.1) is 0 Å². The Morgan fingerprint density at radius 2 is 2.00 bits per heavy atom. The number of rotatable bonds is 3. The summed E-state index contributed by atoms with van der Waals surface area (Å²) in [6, 6.07) is 7.45. The van der Waals surface area contributed by atoms with E-state index in [1.165, 1.54) is 6.07 Å². The SMILES string of the molecule is C=C(C)C(=O)Nc1cccc(-n2c(=O)ccn2C(=O)O)c1. The highest BCUT2D eigenvalue weighted by Gasteiger charge is 2.12. The van der Waals surface area contributed by atoms with Gasteiger partial charge in [-0.15, -0.1) is 0 Å². The molecule has 7 heteroatoms. The molecule has 1 aromatic carbocycles. The molecule has 108 valence electrons. The highest BCUT2D eigenvalue weighted by atomic mass is 16.4. The van der Waals surface area contributed by atoms with Crippen molar-refractivity contribution in [1.29, 1.82) is 0 Å². The number of aromatic nitrogens is 2. The van der Waals surface area contributed by atoms with Gasteiger partial charge in [0.1, 0.15) is 0 Å². The fourth-order valence-corrected chi connectivity index (χ4v) is 1.73. The Morgan fingerprint density at radius 3 is 2.62 bits per heavy atom. The van der Waals surface area contributed by atoms with Crippen LogP contribution in [0.15, 0.2) is 53.5 Å². The maximum atomic E-state index is 11.8. The largest absolute Gasteiger partial charge is 0.463 e. The molecule has 0 aliphatic carbocycles. The van der Waals surface area contributed by atoms with Gasteiger partial charge >= 0.3 is 6.09 Å². The van der Waals surface area contributed by atoms with Gasteiger partial charge in [-0.25, -0.2) is 9.48 Å². The third-order valence-corrected chi connectivity index (χ3v) is 2.71. The normalized spacial score (nSPS) is 10.1. The van der Waals surface area contributed by atoms with Gasteiger partial charge in [0, 0.05) is 23.5 Å². The Morgan fingerprint density at radius 1 is 1.29 bits per heavy atom. The third kappa shape index (κ3) is 2.92. The van der Waals surface area contributed by atoms with E-state index in [-0.39, 0.29) is 5.91 Å². The first kappa shape index (κ1) is 14.3. The molecule has 0 bridgehead atoms. The molecule has 0 spiro atoms. The quantitative estimate of drug-likeness (QED) is 0.840. The van der Waals surface area contributed by atoms with Crippen molar-refractivity contribution in [3.05, 3.63) is 59.0 Å². The molecule has 0 radical (unpaired) electrons. The van der Waals surface area contributed by atoms with Gasteiger partial charge in [0.25, 0.3) is 11.5 Å². The molecule has 1 amide bonds. The summed E-state index contributed by atoms with van der Waals surface area (Å²) in [6.07, 6.45) is -0.127. The van der Waals surface area contributed by atoms with Crippen LogP contribution in [0.5, 0.6) is 0 Å². The molecule has 7 nitrogen and oxygen atoms in total. The van der Waals surface area contributed by atoms with E-state index in [4.69, 9.17) is 5.11 Å². The fraction of sp³-hybridized carbons (Fsp3) is 0.0714. The summed E-state index contributed by atoms with van der Waals surface area (Å²) in [5.74, 6) is -0.354. The Bertz CT molecular complexity index is 786. The molecule has 0 saturated heterocycles. The lowest BCUT2D eigenvalue weighted by molar-refractivity contribution is -0.112. The number of hydrogen-bond acceptors (Lipinski definition) is 3. The number of nitrogens with one attached hydrogen (secondary N) is 1. The maximum absolute atomic E-state index is 11.8. The molecular formula is C14H13N3O4. The van der Waals surface area contributed by atoms with Crippen molar-refractivity contribution >= 4 is 17.7 Å². The minimum Gasteiger partial charge on any atom is -0.463 e. The van der Waals surface area contributed by atoms with Gasteiger partial charge in [0.15, 0.2) is 0 Å². The molecule has 1 aromatic heterocycles. The minimum atomic E-state index is -1.28. The first-order valence-corrected chi connectivity index (χ1v) is 6.01. The van der Waals surface area contributed by atoms with Crippen molar-refractivity contribution in [3.63, 3.8) is 0 Å². The zero-order valence-corrected chi connectivity index (χ0v) is 11.2. The van der Waals surface area contributed by atoms with Crippen LogP contribution in [0.25, 0.3) is 5.69 Å². The van der Waals surface area contributed by atoms with Gasteiger partial charge in [-0.2, -0.15) is 4.68 Å². The summed E-state index contributed by atoms with van der Waals surface area (Å²) >= 11 is 0. The Kier molecular flexibility index (Phi) is 3.75. The predicted molar refractivity (Wildman–Crippen MR) is 76.9 cm³/mol. The van der Waals surface area contributed by atoms with E-state index in [0.29, 0.717) is 16.9 Å². The molecule has 1 heterocycles. The molecule has 0 fully saturated rings. The molecule has 0 unspecified atom stereocenters. The number of carbonyl (C=O) groups is 2. The van der Waals surface area contributed by atoms with E-state index in [0.717, 1.165) is 21.6 Å². The van der Waals surface area contributed by atoms with Crippen molar-refractivity contribution in [2.45, 2.75) is 6.92 Å². The van der Waals surface area contributed by atoms with Crippen LogP contribution in [0.4, 0.5) is 10.5 Å². The average molecular weight is 287 g/mol. The van der Waals surface area contributed by atoms with Gasteiger partial charge in [-0.05, 0) is 25.1 Å². The van der Waals surface area contributed by atoms with Gasteiger partial charge in [0.05, 0.1) is 5.69 Å². The maximum Gasteiger partial charge on any atom is 0.431 e. The number of nitrogens with zero attached hydrogens (tertiary/aromatic N) is 2. The third-order valence-electron chi connectivity index (χ3n) is 2.71. The topological polar surface area (TPSA) is 93.3 Å². The van der Waals surface area contributed by atoms with Gasteiger partial charge in [-0.3, -0.25) is 9.59 Å². The van der Waals surface area contributed by atoms with Crippen LogP contribution in [-0.4, -0.2) is 26.5 Å². The van der Waals surface area contributed by atoms with Crippen molar-refractivity contribution in [3.8, 4) is 5.69 Å². The standard InChI is InChI=1S/C14H13N3O4/c1-9(2)13(19)15-10-4-3-5-11(8-10)17-12(18)6-7-16(17)14(20)21/h3-8H,1H2,2H3,(H,15,19)(H,20,21). The van der Waals surface area contributed by atoms with Gasteiger partial charge < -0.3 is 10.4 Å². The lowest BCUT2D eigenvalue weighted by Crippen LogP contribution is -2.25. The predicted octanol–water partition coefficient (Wildman–Crippen LogP) is 1.68. The van der Waals surface area contributed by atoms with Crippen LogP contribution in [0.2, 0.25) is 0 Å². The van der Waals surface area contributed by atoms with Crippen LogP contribution >= 0.6 is 0 Å². The second-order valence-electron chi connectivity index (χ2n) is 4.38. The highest BCUT2D eigenvalue weighted by Crippen LogP contribution is 2.14. The monoisotopic (exact) mass is 287 g/mol. The molecular weight excluding hydrogens is 274 g/mol. The lowest BCUT2D eigenvalue weighted by Gasteiger charge is -2.10. The zero-order chi connectivity index (χ0) is 15.6. The molecule has 0 aliphatic heterocycles. The minimum absolute atomic E-state index is 0.326. The number of anilines is 1. The number of hydrogen-bond donors (Lipinski definition) is 2. The summed E-state index contributed by atoms with van der Waals surface area (Å²) in [5.41, 5.74) is 0.615. The first-order chi connectivity index (χ1) is 9.90. The van der Waals surface area contributed by atoms with Crippen LogP contribution < -0.4 is 10.9 Å². The second kappa shape index (κ2) is 5.49. The van der Waals surface area contributed by atoms with Crippen molar-refractivity contribution < 1.29 is 14.7 Å². The second-order valence-corrected chi connectivity index (χ2v) is 4.38. The van der Waals surface area contributed by atoms with E-state index >= 15 is 0 Å². The van der Waals surface area contributed by atoms with Crippen LogP contribution in [0.1, 0.15) is 6.92 Å². The molecule has 0 saturated carbocycles. The van der Waals surface area contributed by atoms with E-state index in [2.05, 4.69) is 11.9 Å². The van der Waals surface area contributed by atoms with E-state index in [9.17, 15) is 14.4 Å².